The molecule has 0 aromatic carbocycles. The van der Waals surface area contributed by atoms with Gasteiger partial charge in [-0.15, -0.1) is 5.10 Å². The molecule has 0 saturated heterocycles. The van der Waals surface area contributed by atoms with Gasteiger partial charge < -0.3 is 10.1 Å². The lowest BCUT2D eigenvalue weighted by molar-refractivity contribution is -0.172. The van der Waals surface area contributed by atoms with Crippen molar-refractivity contribution in [3.05, 3.63) is 0 Å². The zero-order chi connectivity index (χ0) is 15.0. The van der Waals surface area contributed by atoms with E-state index in [2.05, 4.69) is 25.6 Å². The highest BCUT2D eigenvalue weighted by atomic mass is 32.2. The summed E-state index contributed by atoms with van der Waals surface area (Å²) < 4.78 is 41.7. The first-order valence-corrected chi connectivity index (χ1v) is 7.14. The maximum Gasteiger partial charge on any atom is 0.411 e. The Balaban J connectivity index is 2.22. The number of ether oxygens (including phenoxy) is 1. The number of alkyl halides is 3. The van der Waals surface area contributed by atoms with Crippen molar-refractivity contribution < 1.29 is 17.9 Å². The molecule has 0 aliphatic rings. The summed E-state index contributed by atoms with van der Waals surface area (Å²) in [6.07, 6.45) is -4.28. The number of thioether (sulfide) groups is 1. The van der Waals surface area contributed by atoms with Gasteiger partial charge in [0.05, 0.1) is 13.2 Å². The average molecular weight is 313 g/mol. The normalized spacial score (nSPS) is 12.3. The van der Waals surface area contributed by atoms with E-state index in [1.54, 1.807) is 4.68 Å². The molecule has 0 aliphatic heterocycles. The predicted octanol–water partition coefficient (Wildman–Crippen LogP) is 1.34. The molecule has 0 amide bonds. The zero-order valence-electron chi connectivity index (χ0n) is 11.4. The minimum atomic E-state index is -4.28. The third kappa shape index (κ3) is 7.65. The maximum absolute atomic E-state index is 11.8. The summed E-state index contributed by atoms with van der Waals surface area (Å²) in [5.41, 5.74) is 0. The third-order valence-corrected chi connectivity index (χ3v) is 3.02. The van der Waals surface area contributed by atoms with Gasteiger partial charge in [0, 0.05) is 18.3 Å². The third-order valence-electron chi connectivity index (χ3n) is 2.10. The van der Waals surface area contributed by atoms with Crippen molar-refractivity contribution in [1.82, 2.24) is 25.5 Å². The molecule has 1 rings (SSSR count). The lowest BCUT2D eigenvalue weighted by Gasteiger charge is -2.09. The lowest BCUT2D eigenvalue weighted by atomic mass is 10.4. The Morgan fingerprint density at radius 3 is 2.80 bits per heavy atom. The van der Waals surface area contributed by atoms with Crippen LogP contribution in [0.1, 0.15) is 13.8 Å². The summed E-state index contributed by atoms with van der Waals surface area (Å²) >= 11 is 1.27. The number of hydrogen-bond donors (Lipinski definition) is 1. The van der Waals surface area contributed by atoms with Gasteiger partial charge in [0.25, 0.3) is 0 Å². The van der Waals surface area contributed by atoms with Crippen molar-refractivity contribution in [2.45, 2.75) is 37.8 Å². The van der Waals surface area contributed by atoms with Gasteiger partial charge in [0.15, 0.2) is 0 Å². The molecular weight excluding hydrogens is 295 g/mol. The van der Waals surface area contributed by atoms with E-state index >= 15 is 0 Å². The molecule has 0 unspecified atom stereocenters. The molecule has 0 radical (unpaired) electrons. The smallest absolute Gasteiger partial charge is 0.371 e. The Morgan fingerprint density at radius 2 is 2.15 bits per heavy atom. The van der Waals surface area contributed by atoms with Crippen molar-refractivity contribution >= 4 is 11.8 Å². The van der Waals surface area contributed by atoms with Crippen molar-refractivity contribution in [3.63, 3.8) is 0 Å². The second kappa shape index (κ2) is 8.42. The van der Waals surface area contributed by atoms with Gasteiger partial charge in [0.1, 0.15) is 6.61 Å². The fourth-order valence-corrected chi connectivity index (χ4v) is 2.03. The monoisotopic (exact) mass is 313 g/mol. The number of tetrazole rings is 1. The Hall–Kier alpha value is -0.870. The van der Waals surface area contributed by atoms with Gasteiger partial charge in [-0.2, -0.15) is 13.2 Å². The first kappa shape index (κ1) is 17.2. The summed E-state index contributed by atoms with van der Waals surface area (Å²) in [7, 11) is 0. The number of aromatic nitrogens is 4. The molecule has 0 bridgehead atoms. The Labute approximate surface area is 119 Å². The number of rotatable bonds is 9. The molecule has 0 aliphatic carbocycles. The highest BCUT2D eigenvalue weighted by molar-refractivity contribution is 7.99. The summed E-state index contributed by atoms with van der Waals surface area (Å²) in [6, 6.07) is 0.373. The van der Waals surface area contributed by atoms with E-state index in [0.29, 0.717) is 23.5 Å². The Bertz CT molecular complexity index is 385. The Morgan fingerprint density at radius 1 is 1.40 bits per heavy atom. The van der Waals surface area contributed by atoms with E-state index in [1.165, 1.54) is 11.8 Å². The van der Waals surface area contributed by atoms with Crippen molar-refractivity contribution in [2.75, 3.05) is 25.5 Å². The molecule has 20 heavy (non-hydrogen) atoms. The van der Waals surface area contributed by atoms with E-state index < -0.39 is 12.8 Å². The van der Waals surface area contributed by atoms with Crippen LogP contribution in [0.15, 0.2) is 5.16 Å². The predicted molar refractivity (Wildman–Crippen MR) is 68.6 cm³/mol. The topological polar surface area (TPSA) is 64.9 Å². The van der Waals surface area contributed by atoms with Gasteiger partial charge in [-0.1, -0.05) is 25.6 Å². The summed E-state index contributed by atoms with van der Waals surface area (Å²) in [4.78, 5) is 0. The number of nitrogens with one attached hydrogen (secondary N) is 1. The summed E-state index contributed by atoms with van der Waals surface area (Å²) in [6.45, 7) is 4.18. The molecule has 1 aromatic heterocycles. The second-order valence-electron chi connectivity index (χ2n) is 4.31. The van der Waals surface area contributed by atoms with E-state index in [4.69, 9.17) is 0 Å². The largest absolute Gasteiger partial charge is 0.411 e. The van der Waals surface area contributed by atoms with E-state index in [-0.39, 0.29) is 6.61 Å². The van der Waals surface area contributed by atoms with Gasteiger partial charge in [0.2, 0.25) is 5.16 Å². The van der Waals surface area contributed by atoms with Crippen LogP contribution in [0.5, 0.6) is 0 Å². The van der Waals surface area contributed by atoms with Crippen LogP contribution in [0.3, 0.4) is 0 Å². The number of hydrogen-bond acceptors (Lipinski definition) is 6. The Kier molecular flexibility index (Phi) is 7.24. The lowest BCUT2D eigenvalue weighted by Crippen LogP contribution is -2.27. The van der Waals surface area contributed by atoms with Crippen LogP contribution in [-0.4, -0.2) is 57.9 Å². The minimum Gasteiger partial charge on any atom is -0.371 e. The average Bonchev–Trinajstić information content (AvgIpc) is 2.74. The van der Waals surface area contributed by atoms with Gasteiger partial charge in [-0.3, -0.25) is 0 Å². The second-order valence-corrected chi connectivity index (χ2v) is 5.37. The minimum absolute atomic E-state index is 0.00127. The molecule has 0 atom stereocenters. The SMILES string of the molecule is CC(C)NCCn1nnnc1SCCOCC(F)(F)F. The fraction of sp³-hybridized carbons (Fsp3) is 0.900. The summed E-state index contributed by atoms with van der Waals surface area (Å²) in [5.74, 6) is 0.369. The molecular formula is C10H18F3N5OS. The highest BCUT2D eigenvalue weighted by Gasteiger charge is 2.27. The molecule has 0 saturated carbocycles. The van der Waals surface area contributed by atoms with Crippen LogP contribution < -0.4 is 5.32 Å². The number of nitrogens with zero attached hydrogens (tertiary/aromatic N) is 4. The van der Waals surface area contributed by atoms with Gasteiger partial charge >= 0.3 is 6.18 Å². The van der Waals surface area contributed by atoms with Crippen LogP contribution in [-0.2, 0) is 11.3 Å². The summed E-state index contributed by atoms with van der Waals surface area (Å²) in [5, 5.41) is 15.0. The van der Waals surface area contributed by atoms with Crippen LogP contribution in [0.4, 0.5) is 13.2 Å². The van der Waals surface area contributed by atoms with Gasteiger partial charge in [-0.25, -0.2) is 4.68 Å². The standard InChI is InChI=1S/C10H18F3N5OS/c1-8(2)14-3-4-18-9(15-16-17-18)20-6-5-19-7-10(11,12)13/h8,14H,3-7H2,1-2H3. The molecule has 1 heterocycles. The van der Waals surface area contributed by atoms with Crippen LogP contribution in [0, 0.1) is 0 Å². The van der Waals surface area contributed by atoms with E-state index in [0.717, 1.165) is 6.54 Å². The maximum atomic E-state index is 11.8. The van der Waals surface area contributed by atoms with Crippen LogP contribution >= 0.6 is 11.8 Å². The van der Waals surface area contributed by atoms with Gasteiger partial charge in [-0.05, 0) is 10.4 Å². The fourth-order valence-electron chi connectivity index (χ4n) is 1.28. The highest BCUT2D eigenvalue weighted by Crippen LogP contribution is 2.16. The first-order valence-electron chi connectivity index (χ1n) is 6.15. The van der Waals surface area contributed by atoms with E-state index in [9.17, 15) is 13.2 Å². The van der Waals surface area contributed by atoms with Crippen molar-refractivity contribution in [2.24, 2.45) is 0 Å². The molecule has 0 spiro atoms. The number of halogens is 3. The van der Waals surface area contributed by atoms with Crippen molar-refractivity contribution in [3.8, 4) is 0 Å². The van der Waals surface area contributed by atoms with Crippen LogP contribution in [0.25, 0.3) is 0 Å². The quantitative estimate of drug-likeness (QED) is 0.548. The molecule has 0 fully saturated rings. The van der Waals surface area contributed by atoms with Crippen molar-refractivity contribution in [1.29, 1.82) is 0 Å². The molecule has 10 heteroatoms. The van der Waals surface area contributed by atoms with Crippen LogP contribution in [0.2, 0.25) is 0 Å². The molecule has 6 nitrogen and oxygen atoms in total. The molecule has 1 N–H and O–H groups in total. The first-order chi connectivity index (χ1) is 9.38. The van der Waals surface area contributed by atoms with E-state index in [1.807, 2.05) is 13.8 Å². The molecule has 116 valence electrons. The molecule has 1 aromatic rings. The zero-order valence-corrected chi connectivity index (χ0v) is 12.2.